The summed E-state index contributed by atoms with van der Waals surface area (Å²) < 4.78 is 11.3. The van der Waals surface area contributed by atoms with Gasteiger partial charge in [0.15, 0.2) is 11.5 Å². The molecule has 2 heterocycles. The molecule has 0 bridgehead atoms. The minimum atomic E-state index is -1.16. The highest BCUT2D eigenvalue weighted by molar-refractivity contribution is 6.38. The smallest absolute Gasteiger partial charge is 0.337 e. The first-order chi connectivity index (χ1) is 13.0. The SMILES string of the molecule is COc1cnc(C(=Cc2c(Cl)cncc2Cl)C(=O)O)cc1OC1CCCC1. The van der Waals surface area contributed by atoms with Gasteiger partial charge in [0.05, 0.1) is 40.7 Å². The molecule has 0 atom stereocenters. The van der Waals surface area contributed by atoms with E-state index < -0.39 is 5.97 Å². The van der Waals surface area contributed by atoms with Gasteiger partial charge in [0, 0.05) is 24.0 Å². The van der Waals surface area contributed by atoms with Crippen LogP contribution in [0.4, 0.5) is 0 Å². The van der Waals surface area contributed by atoms with Gasteiger partial charge in [-0.05, 0) is 31.8 Å². The molecule has 1 fully saturated rings. The molecule has 0 saturated heterocycles. The van der Waals surface area contributed by atoms with Gasteiger partial charge in [-0.25, -0.2) is 4.79 Å². The van der Waals surface area contributed by atoms with Gasteiger partial charge in [0.25, 0.3) is 0 Å². The van der Waals surface area contributed by atoms with Gasteiger partial charge in [-0.3, -0.25) is 9.97 Å². The third-order valence-electron chi connectivity index (χ3n) is 4.33. The predicted octanol–water partition coefficient (Wildman–Crippen LogP) is 4.74. The Bertz CT molecular complexity index is 860. The Morgan fingerprint density at radius 2 is 1.85 bits per heavy atom. The lowest BCUT2D eigenvalue weighted by atomic mass is 10.1. The molecule has 142 valence electrons. The lowest BCUT2D eigenvalue weighted by Gasteiger charge is -2.16. The van der Waals surface area contributed by atoms with Crippen LogP contribution in [0.2, 0.25) is 10.0 Å². The topological polar surface area (TPSA) is 81.5 Å². The first kappa shape index (κ1) is 19.5. The minimum Gasteiger partial charge on any atom is -0.491 e. The van der Waals surface area contributed by atoms with Crippen LogP contribution in [-0.4, -0.2) is 34.3 Å². The molecule has 1 aliphatic carbocycles. The molecular weight excluding hydrogens is 391 g/mol. The van der Waals surface area contributed by atoms with E-state index in [9.17, 15) is 9.90 Å². The van der Waals surface area contributed by atoms with E-state index in [0.29, 0.717) is 17.1 Å². The quantitative estimate of drug-likeness (QED) is 0.695. The molecule has 0 aromatic carbocycles. The van der Waals surface area contributed by atoms with Crippen molar-refractivity contribution >= 4 is 40.8 Å². The Kier molecular flexibility index (Phi) is 6.19. The fraction of sp³-hybridized carbons (Fsp3) is 0.316. The molecule has 0 aliphatic heterocycles. The largest absolute Gasteiger partial charge is 0.491 e. The highest BCUT2D eigenvalue weighted by atomic mass is 35.5. The normalized spacial score (nSPS) is 15.0. The number of carboxylic acid groups (broad SMARTS) is 1. The molecule has 0 spiro atoms. The van der Waals surface area contributed by atoms with Crippen molar-refractivity contribution in [2.45, 2.75) is 31.8 Å². The average Bonchev–Trinajstić information content (AvgIpc) is 3.14. The number of methoxy groups -OCH3 is 1. The minimum absolute atomic E-state index is 0.0658. The first-order valence-corrected chi connectivity index (χ1v) is 9.20. The zero-order chi connectivity index (χ0) is 19.4. The van der Waals surface area contributed by atoms with Crippen molar-refractivity contribution in [1.82, 2.24) is 9.97 Å². The number of carbonyl (C=O) groups is 1. The average molecular weight is 409 g/mol. The van der Waals surface area contributed by atoms with E-state index in [1.165, 1.54) is 31.8 Å². The third-order valence-corrected chi connectivity index (χ3v) is 4.94. The Morgan fingerprint density at radius 3 is 2.44 bits per heavy atom. The van der Waals surface area contributed by atoms with Crippen molar-refractivity contribution in [2.75, 3.05) is 7.11 Å². The molecular formula is C19H18Cl2N2O4. The van der Waals surface area contributed by atoms with Gasteiger partial charge in [0.2, 0.25) is 0 Å². The van der Waals surface area contributed by atoms with Crippen LogP contribution < -0.4 is 9.47 Å². The van der Waals surface area contributed by atoms with Crippen LogP contribution in [0.5, 0.6) is 11.5 Å². The van der Waals surface area contributed by atoms with E-state index in [2.05, 4.69) is 9.97 Å². The van der Waals surface area contributed by atoms with Crippen molar-refractivity contribution in [1.29, 1.82) is 0 Å². The zero-order valence-electron chi connectivity index (χ0n) is 14.6. The molecule has 2 aromatic heterocycles. The summed E-state index contributed by atoms with van der Waals surface area (Å²) in [6, 6.07) is 1.57. The number of rotatable bonds is 6. The van der Waals surface area contributed by atoms with Crippen LogP contribution in [0.15, 0.2) is 24.7 Å². The van der Waals surface area contributed by atoms with Gasteiger partial charge in [-0.2, -0.15) is 0 Å². The Labute approximate surface area is 166 Å². The molecule has 1 N–H and O–H groups in total. The molecule has 6 nitrogen and oxygen atoms in total. The molecule has 0 unspecified atom stereocenters. The summed E-state index contributed by atoms with van der Waals surface area (Å²) in [5.74, 6) is -0.243. The molecule has 3 rings (SSSR count). The van der Waals surface area contributed by atoms with E-state index in [0.717, 1.165) is 25.7 Å². The van der Waals surface area contributed by atoms with Crippen molar-refractivity contribution in [3.8, 4) is 11.5 Å². The number of aliphatic carboxylic acids is 1. The zero-order valence-corrected chi connectivity index (χ0v) is 16.1. The van der Waals surface area contributed by atoms with Crippen molar-refractivity contribution in [2.24, 2.45) is 0 Å². The number of halogens is 2. The lowest BCUT2D eigenvalue weighted by molar-refractivity contribution is -0.130. The van der Waals surface area contributed by atoms with Gasteiger partial charge in [0.1, 0.15) is 0 Å². The Morgan fingerprint density at radius 1 is 1.19 bits per heavy atom. The summed E-state index contributed by atoms with van der Waals surface area (Å²) in [6.07, 6.45) is 9.87. The second-order valence-corrected chi connectivity index (χ2v) is 6.94. The lowest BCUT2D eigenvalue weighted by Crippen LogP contribution is -2.12. The highest BCUT2D eigenvalue weighted by Crippen LogP contribution is 2.34. The van der Waals surface area contributed by atoms with Crippen LogP contribution in [0.3, 0.4) is 0 Å². The molecule has 1 aliphatic rings. The number of nitrogens with zero attached hydrogens (tertiary/aromatic N) is 2. The number of hydrogen-bond acceptors (Lipinski definition) is 5. The van der Waals surface area contributed by atoms with E-state index in [1.54, 1.807) is 6.07 Å². The standard InChI is InChI=1S/C19H18Cl2N2O4/c1-26-18-10-23-16(7-17(18)27-11-4-2-3-5-11)13(19(24)25)6-12-14(20)8-22-9-15(12)21/h6-11H,2-5H2,1H3,(H,24,25). The van der Waals surface area contributed by atoms with Crippen LogP contribution in [0, 0.1) is 0 Å². The fourth-order valence-electron chi connectivity index (χ4n) is 2.95. The van der Waals surface area contributed by atoms with Gasteiger partial charge in [-0.15, -0.1) is 0 Å². The van der Waals surface area contributed by atoms with Crippen molar-refractivity contribution < 1.29 is 19.4 Å². The summed E-state index contributed by atoms with van der Waals surface area (Å²) >= 11 is 12.2. The Balaban J connectivity index is 2.03. The van der Waals surface area contributed by atoms with Gasteiger partial charge in [-0.1, -0.05) is 23.2 Å². The van der Waals surface area contributed by atoms with Gasteiger partial charge < -0.3 is 14.6 Å². The maximum absolute atomic E-state index is 11.9. The van der Waals surface area contributed by atoms with Crippen LogP contribution >= 0.6 is 23.2 Å². The second-order valence-electron chi connectivity index (χ2n) is 6.12. The van der Waals surface area contributed by atoms with Crippen LogP contribution in [0.1, 0.15) is 36.9 Å². The number of hydrogen-bond donors (Lipinski definition) is 1. The van der Waals surface area contributed by atoms with E-state index in [1.807, 2.05) is 0 Å². The highest BCUT2D eigenvalue weighted by Gasteiger charge is 2.21. The maximum atomic E-state index is 11.9. The van der Waals surface area contributed by atoms with E-state index >= 15 is 0 Å². The molecule has 8 heteroatoms. The van der Waals surface area contributed by atoms with Gasteiger partial charge >= 0.3 is 5.97 Å². The molecule has 0 radical (unpaired) electrons. The summed E-state index contributed by atoms with van der Waals surface area (Å²) in [7, 11) is 1.52. The molecule has 0 amide bonds. The van der Waals surface area contributed by atoms with E-state index in [4.69, 9.17) is 32.7 Å². The molecule has 27 heavy (non-hydrogen) atoms. The summed E-state index contributed by atoms with van der Waals surface area (Å²) in [5, 5.41) is 10.2. The maximum Gasteiger partial charge on any atom is 0.337 e. The van der Waals surface area contributed by atoms with E-state index in [-0.39, 0.29) is 27.4 Å². The third kappa shape index (κ3) is 4.51. The Hall–Kier alpha value is -2.31. The monoisotopic (exact) mass is 408 g/mol. The number of pyridine rings is 2. The van der Waals surface area contributed by atoms with Crippen molar-refractivity contribution in [3.05, 3.63) is 46.0 Å². The number of aromatic nitrogens is 2. The number of carboxylic acids is 1. The first-order valence-electron chi connectivity index (χ1n) is 8.44. The van der Waals surface area contributed by atoms with Crippen LogP contribution in [-0.2, 0) is 4.79 Å². The second kappa shape index (κ2) is 8.59. The van der Waals surface area contributed by atoms with Crippen molar-refractivity contribution in [3.63, 3.8) is 0 Å². The summed E-state index contributed by atoms with van der Waals surface area (Å²) in [5.41, 5.74) is 0.519. The van der Waals surface area contributed by atoms with Crippen LogP contribution in [0.25, 0.3) is 11.6 Å². The molecule has 1 saturated carbocycles. The molecule has 2 aromatic rings. The number of ether oxygens (including phenoxy) is 2. The summed E-state index contributed by atoms with van der Waals surface area (Å²) in [4.78, 5) is 19.9. The predicted molar refractivity (Wildman–Crippen MR) is 103 cm³/mol. The summed E-state index contributed by atoms with van der Waals surface area (Å²) in [6.45, 7) is 0. The fourth-order valence-corrected chi connectivity index (χ4v) is 3.43.